The zero-order valence-electron chi connectivity index (χ0n) is 16.4. The normalized spacial score (nSPS) is 13.5. The third kappa shape index (κ3) is 5.97. The highest BCUT2D eigenvalue weighted by atomic mass is 19.4. The SMILES string of the molecule is CN=C(NCc1ccc(F)cc1C(F)(F)F)NCC(C)Cn1nc(C)cc1C. The molecule has 0 aliphatic heterocycles. The average Bonchev–Trinajstić information content (AvgIpc) is 2.92. The Bertz CT molecular complexity index is 826. The molecule has 0 aliphatic rings. The van der Waals surface area contributed by atoms with Gasteiger partial charge in [0.2, 0.25) is 0 Å². The molecule has 28 heavy (non-hydrogen) atoms. The summed E-state index contributed by atoms with van der Waals surface area (Å²) < 4.78 is 54.4. The minimum Gasteiger partial charge on any atom is -0.356 e. The van der Waals surface area contributed by atoms with E-state index in [0.29, 0.717) is 25.1 Å². The fraction of sp³-hybridized carbons (Fsp3) is 0.474. The standard InChI is InChI=1S/C19H25F4N5/c1-12(11-28-14(3)7-13(2)27-28)9-25-18(24-4)26-10-15-5-6-16(20)8-17(15)19(21,22)23/h5-8,12H,9-11H2,1-4H3,(H2,24,25,26). The van der Waals surface area contributed by atoms with E-state index in [2.05, 4.69) is 20.7 Å². The lowest BCUT2D eigenvalue weighted by molar-refractivity contribution is -0.138. The van der Waals surface area contributed by atoms with Gasteiger partial charge in [0.25, 0.3) is 0 Å². The smallest absolute Gasteiger partial charge is 0.356 e. The molecular weight excluding hydrogens is 374 g/mol. The summed E-state index contributed by atoms with van der Waals surface area (Å²) in [6.45, 7) is 7.11. The van der Waals surface area contributed by atoms with Crippen LogP contribution >= 0.6 is 0 Å². The van der Waals surface area contributed by atoms with E-state index < -0.39 is 17.6 Å². The molecule has 1 aromatic heterocycles. The van der Waals surface area contributed by atoms with E-state index in [1.807, 2.05) is 31.5 Å². The summed E-state index contributed by atoms with van der Waals surface area (Å²) in [6, 6.07) is 4.65. The molecule has 0 fully saturated rings. The lowest BCUT2D eigenvalue weighted by Gasteiger charge is -2.18. The van der Waals surface area contributed by atoms with Gasteiger partial charge in [0, 0.05) is 32.4 Å². The Kier molecular flexibility index (Phi) is 7.04. The van der Waals surface area contributed by atoms with E-state index in [4.69, 9.17) is 0 Å². The molecule has 0 amide bonds. The van der Waals surface area contributed by atoms with Gasteiger partial charge in [0.15, 0.2) is 5.96 Å². The predicted molar refractivity (Wildman–Crippen MR) is 100 cm³/mol. The van der Waals surface area contributed by atoms with Gasteiger partial charge in [-0.2, -0.15) is 18.3 Å². The predicted octanol–water partition coefficient (Wildman–Crippen LogP) is 3.66. The number of rotatable bonds is 6. The van der Waals surface area contributed by atoms with Gasteiger partial charge in [-0.3, -0.25) is 9.67 Å². The van der Waals surface area contributed by atoms with Crippen LogP contribution in [0.1, 0.15) is 29.4 Å². The minimum absolute atomic E-state index is 0.0486. The van der Waals surface area contributed by atoms with Crippen molar-refractivity contribution in [3.63, 3.8) is 0 Å². The summed E-state index contributed by atoms with van der Waals surface area (Å²) in [5.74, 6) is -0.331. The Balaban J connectivity index is 1.92. The first-order valence-corrected chi connectivity index (χ1v) is 8.91. The minimum atomic E-state index is -4.62. The number of guanidine groups is 1. The first-order valence-electron chi connectivity index (χ1n) is 8.91. The number of hydrogen-bond donors (Lipinski definition) is 2. The van der Waals surface area contributed by atoms with Crippen LogP contribution in [0.4, 0.5) is 17.6 Å². The second-order valence-electron chi connectivity index (χ2n) is 6.82. The monoisotopic (exact) mass is 399 g/mol. The first kappa shape index (κ1) is 21.7. The van der Waals surface area contributed by atoms with Crippen LogP contribution in [0.5, 0.6) is 0 Å². The van der Waals surface area contributed by atoms with Gasteiger partial charge in [0.05, 0.1) is 11.3 Å². The van der Waals surface area contributed by atoms with Gasteiger partial charge in [-0.1, -0.05) is 13.0 Å². The van der Waals surface area contributed by atoms with Crippen LogP contribution in [0.2, 0.25) is 0 Å². The summed E-state index contributed by atoms with van der Waals surface area (Å²) in [5.41, 5.74) is 0.985. The summed E-state index contributed by atoms with van der Waals surface area (Å²) in [7, 11) is 1.54. The Morgan fingerprint density at radius 3 is 2.50 bits per heavy atom. The van der Waals surface area contributed by atoms with Crippen LogP contribution in [0, 0.1) is 25.6 Å². The topological polar surface area (TPSA) is 54.2 Å². The second-order valence-corrected chi connectivity index (χ2v) is 6.82. The molecule has 1 atom stereocenters. The van der Waals surface area contributed by atoms with E-state index in [-0.39, 0.29) is 18.0 Å². The average molecular weight is 399 g/mol. The summed E-state index contributed by atoms with van der Waals surface area (Å²) in [5, 5.41) is 10.4. The first-order chi connectivity index (χ1) is 13.1. The van der Waals surface area contributed by atoms with E-state index in [1.165, 1.54) is 7.05 Å². The van der Waals surface area contributed by atoms with Crippen LogP contribution in [0.25, 0.3) is 0 Å². The highest BCUT2D eigenvalue weighted by Crippen LogP contribution is 2.32. The van der Waals surface area contributed by atoms with E-state index in [1.54, 1.807) is 0 Å². The molecule has 0 bridgehead atoms. The molecule has 154 valence electrons. The largest absolute Gasteiger partial charge is 0.416 e. The zero-order chi connectivity index (χ0) is 20.9. The maximum Gasteiger partial charge on any atom is 0.416 e. The third-order valence-electron chi connectivity index (χ3n) is 4.25. The number of benzene rings is 1. The number of aliphatic imine (C=N–C) groups is 1. The van der Waals surface area contributed by atoms with Crippen molar-refractivity contribution >= 4 is 5.96 Å². The highest BCUT2D eigenvalue weighted by Gasteiger charge is 2.33. The van der Waals surface area contributed by atoms with E-state index >= 15 is 0 Å². The number of alkyl halides is 3. The van der Waals surface area contributed by atoms with Crippen LogP contribution < -0.4 is 10.6 Å². The van der Waals surface area contributed by atoms with Crippen molar-refractivity contribution in [1.82, 2.24) is 20.4 Å². The second kappa shape index (κ2) is 9.07. The summed E-state index contributed by atoms with van der Waals surface area (Å²) in [4.78, 5) is 4.03. The van der Waals surface area contributed by atoms with Crippen LogP contribution in [0.15, 0.2) is 29.3 Å². The van der Waals surface area contributed by atoms with Crippen molar-refractivity contribution in [3.8, 4) is 0 Å². The van der Waals surface area contributed by atoms with E-state index in [0.717, 1.165) is 23.5 Å². The molecule has 2 rings (SSSR count). The number of hydrogen-bond acceptors (Lipinski definition) is 2. The van der Waals surface area contributed by atoms with Crippen molar-refractivity contribution < 1.29 is 17.6 Å². The summed E-state index contributed by atoms with van der Waals surface area (Å²) >= 11 is 0. The van der Waals surface area contributed by atoms with Crippen LogP contribution in [0.3, 0.4) is 0 Å². The number of halogens is 4. The molecule has 2 aromatic rings. The Morgan fingerprint density at radius 2 is 1.93 bits per heavy atom. The lowest BCUT2D eigenvalue weighted by atomic mass is 10.1. The molecule has 1 unspecified atom stereocenters. The van der Waals surface area contributed by atoms with Gasteiger partial charge >= 0.3 is 6.18 Å². The van der Waals surface area contributed by atoms with Crippen molar-refractivity contribution in [2.45, 2.75) is 40.0 Å². The molecule has 2 N–H and O–H groups in total. The number of nitrogens with zero attached hydrogens (tertiary/aromatic N) is 3. The van der Waals surface area contributed by atoms with Gasteiger partial charge in [-0.25, -0.2) is 4.39 Å². The Labute approximate surface area is 161 Å². The van der Waals surface area contributed by atoms with Crippen LogP contribution in [-0.4, -0.2) is 29.3 Å². The molecule has 1 heterocycles. The van der Waals surface area contributed by atoms with Gasteiger partial charge in [-0.05, 0) is 43.5 Å². The molecule has 0 radical (unpaired) electrons. The number of aryl methyl sites for hydroxylation is 2. The van der Waals surface area contributed by atoms with Crippen molar-refractivity contribution in [3.05, 3.63) is 52.6 Å². The highest BCUT2D eigenvalue weighted by molar-refractivity contribution is 5.79. The van der Waals surface area contributed by atoms with E-state index in [9.17, 15) is 17.6 Å². The van der Waals surface area contributed by atoms with Crippen molar-refractivity contribution in [2.75, 3.05) is 13.6 Å². The number of aromatic nitrogens is 2. The van der Waals surface area contributed by atoms with Crippen molar-refractivity contribution in [2.24, 2.45) is 10.9 Å². The fourth-order valence-corrected chi connectivity index (χ4v) is 2.86. The lowest BCUT2D eigenvalue weighted by Crippen LogP contribution is -2.40. The summed E-state index contributed by atoms with van der Waals surface area (Å²) in [6.07, 6.45) is -4.62. The Hall–Kier alpha value is -2.58. The van der Waals surface area contributed by atoms with Gasteiger partial charge in [-0.15, -0.1) is 0 Å². The zero-order valence-corrected chi connectivity index (χ0v) is 16.4. The third-order valence-corrected chi connectivity index (χ3v) is 4.25. The fourth-order valence-electron chi connectivity index (χ4n) is 2.86. The molecule has 0 saturated heterocycles. The maximum atomic E-state index is 13.2. The van der Waals surface area contributed by atoms with Crippen molar-refractivity contribution in [1.29, 1.82) is 0 Å². The quantitative estimate of drug-likeness (QED) is 0.443. The molecule has 0 aliphatic carbocycles. The van der Waals surface area contributed by atoms with Gasteiger partial charge < -0.3 is 10.6 Å². The molecular formula is C19H25F4N5. The molecule has 1 aromatic carbocycles. The molecule has 0 saturated carbocycles. The Morgan fingerprint density at radius 1 is 1.21 bits per heavy atom. The molecule has 9 heteroatoms. The molecule has 0 spiro atoms. The molecule has 5 nitrogen and oxygen atoms in total. The van der Waals surface area contributed by atoms with Crippen LogP contribution in [-0.2, 0) is 19.3 Å². The van der Waals surface area contributed by atoms with Gasteiger partial charge in [0.1, 0.15) is 5.82 Å². The maximum absolute atomic E-state index is 13.2. The number of nitrogens with one attached hydrogen (secondary N) is 2.